The van der Waals surface area contributed by atoms with Crippen molar-refractivity contribution in [3.63, 3.8) is 0 Å². The van der Waals surface area contributed by atoms with Gasteiger partial charge in [0.05, 0.1) is 9.95 Å². The van der Waals surface area contributed by atoms with Gasteiger partial charge in [-0.25, -0.2) is 9.37 Å². The summed E-state index contributed by atoms with van der Waals surface area (Å²) in [7, 11) is 0. The van der Waals surface area contributed by atoms with Crippen LogP contribution in [0, 0.1) is 15.9 Å². The molecule has 0 atom stereocenters. The molecule has 0 N–H and O–H groups in total. The van der Waals surface area contributed by atoms with Crippen molar-refractivity contribution in [2.75, 3.05) is 0 Å². The molecule has 0 saturated heterocycles. The maximum Gasteiger partial charge on any atom is 0.296 e. The Labute approximate surface area is 101 Å². The molecule has 0 aliphatic heterocycles. The molecular weight excluding hydrogens is 247 g/mol. The molecule has 2 rings (SSSR count). The quantitative estimate of drug-likeness (QED) is 0.608. The summed E-state index contributed by atoms with van der Waals surface area (Å²) in [4.78, 5) is 14.2. The third-order valence-corrected chi connectivity index (χ3v) is 2.36. The lowest BCUT2D eigenvalue weighted by atomic mass is 10.1. The van der Waals surface area contributed by atoms with Crippen molar-refractivity contribution < 1.29 is 9.31 Å². The van der Waals surface area contributed by atoms with Gasteiger partial charge in [0, 0.05) is 17.8 Å². The maximum absolute atomic E-state index is 12.8. The average molecular weight is 253 g/mol. The van der Waals surface area contributed by atoms with Crippen LogP contribution in [-0.2, 0) is 0 Å². The number of benzene rings is 1. The van der Waals surface area contributed by atoms with E-state index in [-0.39, 0.29) is 16.4 Å². The molecule has 0 aliphatic carbocycles. The van der Waals surface area contributed by atoms with Gasteiger partial charge in [-0.15, -0.1) is 0 Å². The Morgan fingerprint density at radius 1 is 1.29 bits per heavy atom. The van der Waals surface area contributed by atoms with E-state index >= 15 is 0 Å². The Balaban J connectivity index is 2.58. The van der Waals surface area contributed by atoms with Crippen LogP contribution in [0.5, 0.6) is 0 Å². The zero-order valence-corrected chi connectivity index (χ0v) is 9.19. The van der Waals surface area contributed by atoms with E-state index in [9.17, 15) is 14.5 Å². The highest BCUT2D eigenvalue weighted by Crippen LogP contribution is 2.29. The summed E-state index contributed by atoms with van der Waals surface area (Å²) in [6.45, 7) is 0. The largest absolute Gasteiger partial charge is 0.296 e. The molecule has 0 radical (unpaired) electrons. The van der Waals surface area contributed by atoms with Crippen molar-refractivity contribution in [1.29, 1.82) is 0 Å². The zero-order valence-electron chi connectivity index (χ0n) is 8.43. The Morgan fingerprint density at radius 2 is 1.94 bits per heavy atom. The van der Waals surface area contributed by atoms with Crippen LogP contribution in [0.4, 0.5) is 10.1 Å². The predicted octanol–water partition coefficient (Wildman–Crippen LogP) is 3.45. The second kappa shape index (κ2) is 4.47. The lowest BCUT2D eigenvalue weighted by molar-refractivity contribution is -0.384. The highest BCUT2D eigenvalue weighted by Gasteiger charge is 2.17. The molecular formula is C11H6ClFN2O2. The molecule has 0 spiro atoms. The molecule has 0 bridgehead atoms. The van der Waals surface area contributed by atoms with Crippen molar-refractivity contribution in [3.8, 4) is 11.3 Å². The number of halogens is 2. The van der Waals surface area contributed by atoms with Gasteiger partial charge in [0.1, 0.15) is 11.5 Å². The van der Waals surface area contributed by atoms with Gasteiger partial charge >= 0.3 is 0 Å². The van der Waals surface area contributed by atoms with Gasteiger partial charge in [-0.3, -0.25) is 10.1 Å². The Kier molecular flexibility index (Phi) is 3.01. The number of pyridine rings is 1. The van der Waals surface area contributed by atoms with E-state index < -0.39 is 10.7 Å². The van der Waals surface area contributed by atoms with Crippen LogP contribution in [-0.4, -0.2) is 9.91 Å². The first-order valence-electron chi connectivity index (χ1n) is 4.64. The monoisotopic (exact) mass is 252 g/mol. The molecule has 0 saturated carbocycles. The fourth-order valence-electron chi connectivity index (χ4n) is 1.40. The lowest BCUT2D eigenvalue weighted by Crippen LogP contribution is -1.94. The van der Waals surface area contributed by atoms with E-state index in [1.807, 2.05) is 0 Å². The van der Waals surface area contributed by atoms with E-state index in [1.54, 1.807) is 0 Å². The van der Waals surface area contributed by atoms with Crippen molar-refractivity contribution >= 4 is 17.3 Å². The third-order valence-electron chi connectivity index (χ3n) is 2.15. The van der Waals surface area contributed by atoms with Crippen molar-refractivity contribution in [3.05, 3.63) is 57.5 Å². The minimum absolute atomic E-state index is 0.166. The minimum Gasteiger partial charge on any atom is -0.258 e. The van der Waals surface area contributed by atoms with Crippen molar-refractivity contribution in [1.82, 2.24) is 4.98 Å². The average Bonchev–Trinajstić information content (AvgIpc) is 2.30. The van der Waals surface area contributed by atoms with E-state index in [0.717, 1.165) is 0 Å². The first-order chi connectivity index (χ1) is 8.08. The smallest absolute Gasteiger partial charge is 0.258 e. The predicted molar refractivity (Wildman–Crippen MR) is 61.3 cm³/mol. The minimum atomic E-state index is -0.572. The number of nitrogens with zero attached hydrogens (tertiary/aromatic N) is 2. The number of nitro groups is 1. The van der Waals surface area contributed by atoms with Crippen LogP contribution in [0.3, 0.4) is 0 Å². The molecule has 4 nitrogen and oxygen atoms in total. The molecule has 86 valence electrons. The fourth-order valence-corrected chi connectivity index (χ4v) is 1.55. The van der Waals surface area contributed by atoms with Gasteiger partial charge < -0.3 is 0 Å². The van der Waals surface area contributed by atoms with Crippen LogP contribution < -0.4 is 0 Å². The van der Waals surface area contributed by atoms with Gasteiger partial charge in [-0.2, -0.15) is 0 Å². The fraction of sp³-hybridized carbons (Fsp3) is 0. The van der Waals surface area contributed by atoms with Crippen LogP contribution in [0.15, 0.2) is 36.5 Å². The second-order valence-corrected chi connectivity index (χ2v) is 3.72. The van der Waals surface area contributed by atoms with E-state index in [4.69, 9.17) is 11.6 Å². The number of aromatic nitrogens is 1. The number of hydrogen-bond donors (Lipinski definition) is 0. The lowest BCUT2D eigenvalue weighted by Gasteiger charge is -2.02. The standard InChI is InChI=1S/C11H6ClFN2O2/c12-8-5-10(15(16)17)11(14-6-8)7-1-3-9(13)4-2-7/h1-6H. The molecule has 1 aromatic heterocycles. The van der Waals surface area contributed by atoms with Gasteiger partial charge in [0.15, 0.2) is 0 Å². The molecule has 0 amide bonds. The normalized spacial score (nSPS) is 10.2. The Hall–Kier alpha value is -2.01. The van der Waals surface area contributed by atoms with Crippen molar-refractivity contribution in [2.24, 2.45) is 0 Å². The molecule has 0 fully saturated rings. The van der Waals surface area contributed by atoms with E-state index in [1.165, 1.54) is 36.5 Å². The second-order valence-electron chi connectivity index (χ2n) is 3.29. The SMILES string of the molecule is O=[N+]([O-])c1cc(Cl)cnc1-c1ccc(F)cc1. The summed E-state index contributed by atoms with van der Waals surface area (Å²) in [6, 6.07) is 6.51. The summed E-state index contributed by atoms with van der Waals surface area (Å²) >= 11 is 5.65. The molecule has 2 aromatic rings. The first-order valence-corrected chi connectivity index (χ1v) is 5.01. The highest BCUT2D eigenvalue weighted by molar-refractivity contribution is 6.30. The van der Waals surface area contributed by atoms with Crippen LogP contribution in [0.1, 0.15) is 0 Å². The summed E-state index contributed by atoms with van der Waals surface area (Å²) in [5, 5.41) is 11.0. The molecule has 0 unspecified atom stereocenters. The zero-order chi connectivity index (χ0) is 12.4. The summed E-state index contributed by atoms with van der Waals surface area (Å²) in [5.74, 6) is -0.412. The molecule has 17 heavy (non-hydrogen) atoms. The topological polar surface area (TPSA) is 56.0 Å². The summed E-state index contributed by atoms with van der Waals surface area (Å²) in [5.41, 5.74) is 0.429. The highest BCUT2D eigenvalue weighted by atomic mass is 35.5. The Morgan fingerprint density at radius 3 is 2.53 bits per heavy atom. The molecule has 6 heteroatoms. The Bertz CT molecular complexity index is 572. The van der Waals surface area contributed by atoms with Gasteiger partial charge in [-0.1, -0.05) is 11.6 Å². The first kappa shape index (κ1) is 11.5. The van der Waals surface area contributed by atoms with Crippen molar-refractivity contribution in [2.45, 2.75) is 0 Å². The van der Waals surface area contributed by atoms with Gasteiger partial charge in [-0.05, 0) is 24.3 Å². The molecule has 1 aromatic carbocycles. The number of rotatable bonds is 2. The maximum atomic E-state index is 12.8. The van der Waals surface area contributed by atoms with Crippen LogP contribution >= 0.6 is 11.6 Å². The molecule has 0 aliphatic rings. The van der Waals surface area contributed by atoms with E-state index in [2.05, 4.69) is 4.98 Å². The van der Waals surface area contributed by atoms with Gasteiger partial charge in [0.25, 0.3) is 5.69 Å². The van der Waals surface area contributed by atoms with Gasteiger partial charge in [0.2, 0.25) is 0 Å². The number of hydrogen-bond acceptors (Lipinski definition) is 3. The third kappa shape index (κ3) is 2.39. The summed E-state index contributed by atoms with van der Waals surface area (Å²) in [6.07, 6.45) is 1.31. The summed E-state index contributed by atoms with van der Waals surface area (Å²) < 4.78 is 12.8. The molecule has 1 heterocycles. The van der Waals surface area contributed by atoms with Crippen LogP contribution in [0.2, 0.25) is 5.02 Å². The van der Waals surface area contributed by atoms with Crippen LogP contribution in [0.25, 0.3) is 11.3 Å². The van der Waals surface area contributed by atoms with E-state index in [0.29, 0.717) is 5.56 Å².